The van der Waals surface area contributed by atoms with Gasteiger partial charge in [0, 0.05) is 6.04 Å². The Bertz CT molecular complexity index is 281. The van der Waals surface area contributed by atoms with Crippen molar-refractivity contribution in [3.05, 3.63) is 0 Å². The zero-order chi connectivity index (χ0) is 13.7. The van der Waals surface area contributed by atoms with Gasteiger partial charge in [0.2, 0.25) is 0 Å². The van der Waals surface area contributed by atoms with Crippen LogP contribution in [0.4, 0.5) is 0 Å². The molecule has 0 radical (unpaired) electrons. The lowest BCUT2D eigenvalue weighted by Crippen LogP contribution is -2.37. The van der Waals surface area contributed by atoms with Gasteiger partial charge in [0.05, 0.1) is 18.6 Å². The minimum Gasteiger partial charge on any atom is -0.481 e. The molecule has 0 aromatic rings. The van der Waals surface area contributed by atoms with Gasteiger partial charge in [-0.25, -0.2) is 0 Å². The number of nitrogens with two attached hydrogens (primary N) is 1. The van der Waals surface area contributed by atoms with Gasteiger partial charge in [-0.15, -0.1) is 0 Å². The Morgan fingerprint density at radius 1 is 1.05 bits per heavy atom. The van der Waals surface area contributed by atoms with Crippen LogP contribution in [0.3, 0.4) is 0 Å². The van der Waals surface area contributed by atoms with Crippen LogP contribution in [0.2, 0.25) is 0 Å². The predicted molar refractivity (Wildman–Crippen MR) is 73.9 cm³/mol. The molecule has 4 heteroatoms. The lowest BCUT2D eigenvalue weighted by atomic mass is 9.81. The SMILES string of the molecule is NC(CC(=O)O)C1CCC(OC2CCCCC2)CC1. The maximum absolute atomic E-state index is 10.7. The molecule has 1 atom stereocenters. The van der Waals surface area contributed by atoms with Crippen molar-refractivity contribution in [1.82, 2.24) is 0 Å². The summed E-state index contributed by atoms with van der Waals surface area (Å²) in [4.78, 5) is 10.7. The van der Waals surface area contributed by atoms with E-state index in [-0.39, 0.29) is 12.5 Å². The second-order valence-corrected chi connectivity index (χ2v) is 6.19. The smallest absolute Gasteiger partial charge is 0.304 e. The van der Waals surface area contributed by atoms with E-state index in [0.29, 0.717) is 18.1 Å². The van der Waals surface area contributed by atoms with E-state index < -0.39 is 5.97 Å². The highest BCUT2D eigenvalue weighted by Gasteiger charge is 2.28. The molecule has 0 saturated heterocycles. The molecule has 110 valence electrons. The molecule has 2 fully saturated rings. The molecular formula is C15H27NO3. The zero-order valence-electron chi connectivity index (χ0n) is 11.7. The summed E-state index contributed by atoms with van der Waals surface area (Å²) in [5.41, 5.74) is 5.96. The molecule has 2 saturated carbocycles. The van der Waals surface area contributed by atoms with Crippen molar-refractivity contribution in [1.29, 1.82) is 0 Å². The summed E-state index contributed by atoms with van der Waals surface area (Å²) in [7, 11) is 0. The van der Waals surface area contributed by atoms with Crippen molar-refractivity contribution in [2.24, 2.45) is 11.7 Å². The molecule has 2 aliphatic carbocycles. The molecular weight excluding hydrogens is 242 g/mol. The van der Waals surface area contributed by atoms with E-state index >= 15 is 0 Å². The monoisotopic (exact) mass is 269 g/mol. The summed E-state index contributed by atoms with van der Waals surface area (Å²) in [5.74, 6) is -0.421. The van der Waals surface area contributed by atoms with Crippen molar-refractivity contribution in [2.45, 2.75) is 82.5 Å². The van der Waals surface area contributed by atoms with Crippen LogP contribution in [-0.2, 0) is 9.53 Å². The molecule has 0 bridgehead atoms. The number of ether oxygens (including phenoxy) is 1. The van der Waals surface area contributed by atoms with Gasteiger partial charge in [-0.3, -0.25) is 4.79 Å². The van der Waals surface area contributed by atoms with E-state index in [1.165, 1.54) is 32.1 Å². The molecule has 19 heavy (non-hydrogen) atoms. The second kappa shape index (κ2) is 7.25. The lowest BCUT2D eigenvalue weighted by Gasteiger charge is -2.34. The van der Waals surface area contributed by atoms with Crippen LogP contribution in [0.25, 0.3) is 0 Å². The molecule has 4 nitrogen and oxygen atoms in total. The van der Waals surface area contributed by atoms with E-state index in [1.54, 1.807) is 0 Å². The number of carboxylic acid groups (broad SMARTS) is 1. The molecule has 0 aliphatic heterocycles. The Balaban J connectivity index is 1.68. The maximum Gasteiger partial charge on any atom is 0.304 e. The normalized spacial score (nSPS) is 31.0. The number of aliphatic carboxylic acids is 1. The van der Waals surface area contributed by atoms with Gasteiger partial charge in [-0.05, 0) is 44.4 Å². The van der Waals surface area contributed by atoms with E-state index in [0.717, 1.165) is 25.7 Å². The average Bonchev–Trinajstić information content (AvgIpc) is 2.40. The van der Waals surface area contributed by atoms with E-state index in [4.69, 9.17) is 15.6 Å². The summed E-state index contributed by atoms with van der Waals surface area (Å²) in [6.45, 7) is 0. The maximum atomic E-state index is 10.7. The topological polar surface area (TPSA) is 72.6 Å². The van der Waals surface area contributed by atoms with Crippen LogP contribution in [-0.4, -0.2) is 29.3 Å². The molecule has 0 spiro atoms. The predicted octanol–water partition coefficient (Wildman–Crippen LogP) is 2.70. The molecule has 1 unspecified atom stereocenters. The van der Waals surface area contributed by atoms with Gasteiger partial charge < -0.3 is 15.6 Å². The number of carbonyl (C=O) groups is 1. The molecule has 2 aliphatic rings. The Hall–Kier alpha value is -0.610. The largest absolute Gasteiger partial charge is 0.481 e. The molecule has 0 heterocycles. The highest BCUT2D eigenvalue weighted by atomic mass is 16.5. The number of hydrogen-bond acceptors (Lipinski definition) is 3. The Labute approximate surface area is 115 Å². The van der Waals surface area contributed by atoms with Crippen molar-refractivity contribution in [3.63, 3.8) is 0 Å². The average molecular weight is 269 g/mol. The summed E-state index contributed by atoms with van der Waals surface area (Å²) >= 11 is 0. The zero-order valence-corrected chi connectivity index (χ0v) is 11.7. The fraction of sp³-hybridized carbons (Fsp3) is 0.933. The van der Waals surface area contributed by atoms with Gasteiger partial charge in [-0.1, -0.05) is 19.3 Å². The summed E-state index contributed by atoms with van der Waals surface area (Å²) < 4.78 is 6.18. The molecule has 0 amide bonds. The number of hydrogen-bond donors (Lipinski definition) is 2. The molecule has 2 rings (SSSR count). The van der Waals surface area contributed by atoms with E-state index in [9.17, 15) is 4.79 Å². The third kappa shape index (κ3) is 4.77. The van der Waals surface area contributed by atoms with Gasteiger partial charge in [0.15, 0.2) is 0 Å². The van der Waals surface area contributed by atoms with Gasteiger partial charge >= 0.3 is 5.97 Å². The number of rotatable bonds is 5. The first-order chi connectivity index (χ1) is 9.15. The standard InChI is InChI=1S/C15H27NO3/c16-14(10-15(17)18)11-6-8-13(9-7-11)19-12-4-2-1-3-5-12/h11-14H,1-10,16H2,(H,17,18). The molecule has 3 N–H and O–H groups in total. The van der Waals surface area contributed by atoms with Crippen LogP contribution in [0.15, 0.2) is 0 Å². The lowest BCUT2D eigenvalue weighted by molar-refractivity contribution is -0.137. The number of carboxylic acids is 1. The fourth-order valence-corrected chi connectivity index (χ4v) is 3.49. The Kier molecular flexibility index (Phi) is 5.64. The molecule has 0 aromatic carbocycles. The van der Waals surface area contributed by atoms with E-state index in [2.05, 4.69) is 0 Å². The van der Waals surface area contributed by atoms with Gasteiger partial charge in [0.25, 0.3) is 0 Å². The van der Waals surface area contributed by atoms with Crippen LogP contribution in [0.5, 0.6) is 0 Å². The molecule has 0 aromatic heterocycles. The van der Waals surface area contributed by atoms with Crippen LogP contribution in [0, 0.1) is 5.92 Å². The quantitative estimate of drug-likeness (QED) is 0.805. The fourth-order valence-electron chi connectivity index (χ4n) is 3.49. The van der Waals surface area contributed by atoms with Gasteiger partial charge in [-0.2, -0.15) is 0 Å². The van der Waals surface area contributed by atoms with Crippen LogP contribution >= 0.6 is 0 Å². The third-order valence-corrected chi connectivity index (χ3v) is 4.67. The van der Waals surface area contributed by atoms with Crippen molar-refractivity contribution in [2.75, 3.05) is 0 Å². The highest BCUT2D eigenvalue weighted by Crippen LogP contribution is 2.31. The van der Waals surface area contributed by atoms with Crippen LogP contribution < -0.4 is 5.73 Å². The third-order valence-electron chi connectivity index (χ3n) is 4.67. The minimum atomic E-state index is -0.784. The second-order valence-electron chi connectivity index (χ2n) is 6.19. The van der Waals surface area contributed by atoms with Crippen molar-refractivity contribution < 1.29 is 14.6 Å². The summed E-state index contributed by atoms with van der Waals surface area (Å²) in [6, 6.07) is -0.187. The van der Waals surface area contributed by atoms with Gasteiger partial charge in [0.1, 0.15) is 0 Å². The first kappa shape index (κ1) is 14.8. The summed E-state index contributed by atoms with van der Waals surface area (Å²) in [5, 5.41) is 8.78. The van der Waals surface area contributed by atoms with E-state index in [1.807, 2.05) is 0 Å². The van der Waals surface area contributed by atoms with Crippen molar-refractivity contribution in [3.8, 4) is 0 Å². The first-order valence-corrected chi connectivity index (χ1v) is 7.78. The Morgan fingerprint density at radius 2 is 1.63 bits per heavy atom. The Morgan fingerprint density at radius 3 is 2.21 bits per heavy atom. The van der Waals surface area contributed by atoms with Crippen molar-refractivity contribution >= 4 is 5.97 Å². The first-order valence-electron chi connectivity index (χ1n) is 7.78. The summed E-state index contributed by atoms with van der Waals surface area (Å²) in [6.07, 6.45) is 11.5. The minimum absolute atomic E-state index is 0.0960. The van der Waals surface area contributed by atoms with Crippen LogP contribution in [0.1, 0.15) is 64.2 Å². The highest BCUT2D eigenvalue weighted by molar-refractivity contribution is 5.67.